The smallest absolute Gasteiger partial charge is 0.329 e. The van der Waals surface area contributed by atoms with E-state index in [0.717, 1.165) is 12.0 Å². The van der Waals surface area contributed by atoms with Crippen molar-refractivity contribution in [3.63, 3.8) is 0 Å². The number of ketones is 1. The maximum Gasteiger partial charge on any atom is 0.329 e. The summed E-state index contributed by atoms with van der Waals surface area (Å²) in [4.78, 5) is 41.9. The van der Waals surface area contributed by atoms with Gasteiger partial charge < -0.3 is 34.1 Å². The lowest BCUT2D eigenvalue weighted by Gasteiger charge is -2.44. The number of ether oxygens (including phenoxy) is 4. The van der Waals surface area contributed by atoms with Crippen LogP contribution >= 0.6 is 0 Å². The van der Waals surface area contributed by atoms with Crippen LogP contribution in [0.5, 0.6) is 0 Å². The van der Waals surface area contributed by atoms with Gasteiger partial charge in [-0.05, 0) is 75.7 Å². The molecule has 2 aliphatic heterocycles. The number of methoxy groups -OCH3 is 2. The molecule has 1 aliphatic carbocycles. The zero-order valence-corrected chi connectivity index (χ0v) is 25.8. The third-order valence-electron chi connectivity index (χ3n) is 9.16. The average Bonchev–Trinajstić information content (AvgIpc) is 2.96. The Balaban J connectivity index is 1.75. The van der Waals surface area contributed by atoms with Crippen LogP contribution in [0.3, 0.4) is 0 Å². The van der Waals surface area contributed by atoms with E-state index in [-0.39, 0.29) is 30.6 Å². The molecule has 41 heavy (non-hydrogen) atoms. The van der Waals surface area contributed by atoms with E-state index in [1.54, 1.807) is 21.1 Å². The summed E-state index contributed by atoms with van der Waals surface area (Å²) in [5, 5.41) is 21.5. The quantitative estimate of drug-likeness (QED) is 0.227. The summed E-state index contributed by atoms with van der Waals surface area (Å²) < 4.78 is 22.8. The molecular formula is C31H51NO9. The highest BCUT2D eigenvalue weighted by Gasteiger charge is 2.54. The van der Waals surface area contributed by atoms with Gasteiger partial charge in [-0.1, -0.05) is 33.8 Å². The minimum Gasteiger partial charge on any atom is -0.456 e. The topological polar surface area (TPSA) is 132 Å². The third kappa shape index (κ3) is 7.57. The standard InChI is InChI=1S/C31H51NO9/c1-8-24-26(39-7)16-20(5)31(37,41-24)28(34)29(35)32-14-10-9-11-22(32)30(36)40-27(18(2)3)19(4)15-21-12-13-23(33)25(17-21)38-6/h15,18,20-27,33,37H,8-14,16-17H2,1-7H3/b19-15+. The lowest BCUT2D eigenvalue weighted by molar-refractivity contribution is -0.286. The molecule has 2 saturated heterocycles. The normalized spacial score (nSPS) is 35.7. The van der Waals surface area contributed by atoms with Crippen molar-refractivity contribution in [2.45, 2.75) is 128 Å². The molecular weight excluding hydrogens is 530 g/mol. The molecule has 2 N–H and O–H groups in total. The Bertz CT molecular complexity index is 952. The van der Waals surface area contributed by atoms with Gasteiger partial charge >= 0.3 is 5.97 Å². The number of allylic oxidation sites excluding steroid dienone is 1. The monoisotopic (exact) mass is 581 g/mol. The van der Waals surface area contributed by atoms with E-state index in [0.29, 0.717) is 44.9 Å². The van der Waals surface area contributed by atoms with Crippen molar-refractivity contribution in [2.24, 2.45) is 17.8 Å². The Morgan fingerprint density at radius 2 is 1.76 bits per heavy atom. The van der Waals surface area contributed by atoms with Crippen molar-refractivity contribution in [2.75, 3.05) is 20.8 Å². The van der Waals surface area contributed by atoms with Crippen LogP contribution in [-0.2, 0) is 33.3 Å². The molecule has 234 valence electrons. The molecule has 9 unspecified atom stereocenters. The molecule has 9 atom stereocenters. The lowest BCUT2D eigenvalue weighted by atomic mass is 9.83. The van der Waals surface area contributed by atoms with Gasteiger partial charge in [0, 0.05) is 26.7 Å². The molecule has 1 amide bonds. The Hall–Kier alpha value is -1.85. The Morgan fingerprint density at radius 1 is 1.07 bits per heavy atom. The van der Waals surface area contributed by atoms with Gasteiger partial charge in [-0.15, -0.1) is 0 Å². The van der Waals surface area contributed by atoms with E-state index in [1.807, 2.05) is 27.7 Å². The van der Waals surface area contributed by atoms with Gasteiger partial charge in [-0.2, -0.15) is 0 Å². The molecule has 0 bridgehead atoms. The van der Waals surface area contributed by atoms with Crippen molar-refractivity contribution < 1.29 is 43.5 Å². The number of esters is 1. The molecule has 0 aromatic carbocycles. The second-order valence-corrected chi connectivity index (χ2v) is 12.4. The van der Waals surface area contributed by atoms with Crippen LogP contribution in [0.15, 0.2) is 11.6 Å². The summed E-state index contributed by atoms with van der Waals surface area (Å²) >= 11 is 0. The number of amides is 1. The van der Waals surface area contributed by atoms with Gasteiger partial charge in [0.05, 0.1) is 24.4 Å². The number of aliphatic hydroxyl groups excluding tert-OH is 1. The van der Waals surface area contributed by atoms with Gasteiger partial charge in [-0.3, -0.25) is 9.59 Å². The van der Waals surface area contributed by atoms with E-state index < -0.39 is 53.7 Å². The van der Waals surface area contributed by atoms with E-state index in [2.05, 4.69) is 6.08 Å². The molecule has 0 aromatic rings. The molecule has 0 spiro atoms. The number of aliphatic hydroxyl groups is 2. The van der Waals surface area contributed by atoms with Crippen molar-refractivity contribution in [3.05, 3.63) is 11.6 Å². The number of likely N-dealkylation sites (tertiary alicyclic amines) is 1. The molecule has 3 fully saturated rings. The predicted octanol–water partition coefficient (Wildman–Crippen LogP) is 3.17. The van der Waals surface area contributed by atoms with Crippen LogP contribution in [0.1, 0.15) is 86.0 Å². The number of carbonyl (C=O) groups excluding carboxylic acids is 3. The van der Waals surface area contributed by atoms with Crippen LogP contribution in [0.4, 0.5) is 0 Å². The Morgan fingerprint density at radius 3 is 2.37 bits per heavy atom. The first-order valence-electron chi connectivity index (χ1n) is 15.3. The number of Topliss-reactive ketones (excluding diaryl/α,β-unsaturated/α-hetero) is 1. The fourth-order valence-corrected chi connectivity index (χ4v) is 6.63. The zero-order chi connectivity index (χ0) is 30.5. The second kappa shape index (κ2) is 14.6. The van der Waals surface area contributed by atoms with E-state index >= 15 is 0 Å². The first-order valence-corrected chi connectivity index (χ1v) is 15.3. The van der Waals surface area contributed by atoms with Crippen molar-refractivity contribution in [3.8, 4) is 0 Å². The fraction of sp³-hybridized carbons (Fsp3) is 0.839. The van der Waals surface area contributed by atoms with E-state index in [4.69, 9.17) is 18.9 Å². The number of hydrogen-bond donors (Lipinski definition) is 2. The number of piperidine rings is 1. The van der Waals surface area contributed by atoms with Gasteiger partial charge in [0.15, 0.2) is 0 Å². The predicted molar refractivity (Wildman–Crippen MR) is 152 cm³/mol. The van der Waals surface area contributed by atoms with Crippen molar-refractivity contribution in [1.29, 1.82) is 0 Å². The molecule has 10 nitrogen and oxygen atoms in total. The molecule has 0 aromatic heterocycles. The van der Waals surface area contributed by atoms with Crippen LogP contribution in [-0.4, -0.2) is 95.9 Å². The minimum atomic E-state index is -2.29. The minimum absolute atomic E-state index is 0.0196. The van der Waals surface area contributed by atoms with Crippen molar-refractivity contribution >= 4 is 17.7 Å². The number of hydrogen-bond acceptors (Lipinski definition) is 9. The SMILES string of the molecule is CCC1OC(O)(C(=O)C(=O)N2CCCCC2C(=O)OC(/C(C)=C/C2CCC(O)C(OC)C2)C(C)C)C(C)CC1OC. The summed E-state index contributed by atoms with van der Waals surface area (Å²) in [6, 6.07) is -0.923. The van der Waals surface area contributed by atoms with Crippen LogP contribution in [0, 0.1) is 17.8 Å². The Kier molecular flexibility index (Phi) is 11.9. The lowest BCUT2D eigenvalue weighted by Crippen LogP contribution is -2.62. The Labute approximate surface area is 244 Å². The van der Waals surface area contributed by atoms with Crippen molar-refractivity contribution in [1.82, 2.24) is 4.90 Å². The maximum atomic E-state index is 13.6. The largest absolute Gasteiger partial charge is 0.456 e. The molecule has 0 radical (unpaired) electrons. The van der Waals surface area contributed by atoms with E-state index in [1.165, 1.54) is 4.90 Å². The molecule has 1 saturated carbocycles. The molecule has 10 heteroatoms. The highest BCUT2D eigenvalue weighted by molar-refractivity contribution is 6.39. The van der Waals surface area contributed by atoms with Gasteiger partial charge in [0.2, 0.25) is 5.79 Å². The summed E-state index contributed by atoms with van der Waals surface area (Å²) in [6.45, 7) is 9.63. The molecule has 2 heterocycles. The molecule has 3 rings (SSSR count). The maximum absolute atomic E-state index is 13.6. The van der Waals surface area contributed by atoms with Crippen LogP contribution in [0.25, 0.3) is 0 Å². The fourth-order valence-electron chi connectivity index (χ4n) is 6.63. The summed E-state index contributed by atoms with van der Waals surface area (Å²) in [5.41, 5.74) is 0.909. The highest BCUT2D eigenvalue weighted by atomic mass is 16.7. The highest BCUT2D eigenvalue weighted by Crippen LogP contribution is 2.37. The van der Waals surface area contributed by atoms with Crippen LogP contribution < -0.4 is 0 Å². The first-order chi connectivity index (χ1) is 19.4. The van der Waals surface area contributed by atoms with E-state index in [9.17, 15) is 24.6 Å². The number of rotatable bonds is 10. The van der Waals surface area contributed by atoms with Crippen LogP contribution in [0.2, 0.25) is 0 Å². The number of nitrogens with zero attached hydrogens (tertiary/aromatic N) is 1. The number of carbonyl (C=O) groups is 3. The molecule has 3 aliphatic rings. The summed E-state index contributed by atoms with van der Waals surface area (Å²) in [5.74, 6) is -5.31. The van der Waals surface area contributed by atoms with Gasteiger partial charge in [-0.25, -0.2) is 4.79 Å². The summed E-state index contributed by atoms with van der Waals surface area (Å²) in [6.07, 6.45) is 4.82. The third-order valence-corrected chi connectivity index (χ3v) is 9.16. The zero-order valence-electron chi connectivity index (χ0n) is 25.8. The summed E-state index contributed by atoms with van der Waals surface area (Å²) in [7, 11) is 3.16. The average molecular weight is 582 g/mol. The first kappa shape index (κ1) is 33.6. The van der Waals surface area contributed by atoms with Gasteiger partial charge in [0.25, 0.3) is 11.7 Å². The second-order valence-electron chi connectivity index (χ2n) is 12.4. The van der Waals surface area contributed by atoms with Gasteiger partial charge in [0.1, 0.15) is 12.1 Å².